The minimum Gasteiger partial charge on any atom is -0.497 e. The lowest BCUT2D eigenvalue weighted by Gasteiger charge is -2.08. The highest BCUT2D eigenvalue weighted by molar-refractivity contribution is 6.08. The van der Waals surface area contributed by atoms with Gasteiger partial charge in [-0.3, -0.25) is 9.59 Å². The lowest BCUT2D eigenvalue weighted by molar-refractivity contribution is 0.0944. The quantitative estimate of drug-likeness (QED) is 0.658. The third kappa shape index (κ3) is 3.66. The molecule has 0 spiro atoms. The summed E-state index contributed by atoms with van der Waals surface area (Å²) in [6.45, 7) is 3.79. The van der Waals surface area contributed by atoms with Gasteiger partial charge in [0, 0.05) is 23.2 Å². The third-order valence-electron chi connectivity index (χ3n) is 3.81. The van der Waals surface area contributed by atoms with E-state index >= 15 is 0 Å². The summed E-state index contributed by atoms with van der Waals surface area (Å²) >= 11 is 0. The van der Waals surface area contributed by atoms with Gasteiger partial charge in [-0.05, 0) is 44.2 Å². The van der Waals surface area contributed by atoms with Crippen LogP contribution in [0.25, 0.3) is 11.0 Å². The Hall–Kier alpha value is -3.35. The van der Waals surface area contributed by atoms with Crippen LogP contribution in [0.2, 0.25) is 0 Å². The van der Waals surface area contributed by atoms with Crippen molar-refractivity contribution in [2.75, 3.05) is 12.4 Å². The molecule has 26 heavy (non-hydrogen) atoms. The average Bonchev–Trinajstić information content (AvgIpc) is 3.04. The summed E-state index contributed by atoms with van der Waals surface area (Å²) in [5.41, 5.74) is 2.08. The monoisotopic (exact) mass is 352 g/mol. The van der Waals surface area contributed by atoms with Gasteiger partial charge >= 0.3 is 0 Å². The maximum absolute atomic E-state index is 12.4. The number of H-pyrrole nitrogens is 1. The van der Waals surface area contributed by atoms with E-state index in [9.17, 15) is 9.59 Å². The number of hydrogen-bond donors (Lipinski definition) is 3. The second kappa shape index (κ2) is 7.26. The molecule has 2 amide bonds. The highest BCUT2D eigenvalue weighted by Crippen LogP contribution is 2.21. The number of nitrogens with one attached hydrogen (secondary N) is 3. The lowest BCUT2D eigenvalue weighted by atomic mass is 10.1. The van der Waals surface area contributed by atoms with Crippen molar-refractivity contribution in [3.8, 4) is 5.75 Å². The largest absolute Gasteiger partial charge is 0.497 e. The number of fused-ring (bicyclic) bond motifs is 1. The molecule has 0 unspecified atom stereocenters. The standard InChI is InChI=1S/C19H20N4O3/c1-11(2)22-19(25)16-10-21-17-15(16)8-13(9-20-17)23-18(24)12-4-6-14(26-3)7-5-12/h4-11H,1-3H3,(H,20,21)(H,22,25)(H,23,24). The number of nitrogens with zero attached hydrogens (tertiary/aromatic N) is 1. The van der Waals surface area contributed by atoms with Crippen LogP contribution in [0.1, 0.15) is 34.6 Å². The normalized spacial score (nSPS) is 10.8. The van der Waals surface area contributed by atoms with Crippen LogP contribution in [0.15, 0.2) is 42.7 Å². The lowest BCUT2D eigenvalue weighted by Crippen LogP contribution is -2.29. The molecule has 3 aromatic rings. The number of aromatic amines is 1. The Labute approximate surface area is 150 Å². The number of pyridine rings is 1. The summed E-state index contributed by atoms with van der Waals surface area (Å²) < 4.78 is 5.09. The predicted molar refractivity (Wildman–Crippen MR) is 99.6 cm³/mol. The first-order valence-corrected chi connectivity index (χ1v) is 8.21. The maximum atomic E-state index is 12.4. The molecule has 0 atom stereocenters. The number of amides is 2. The molecule has 0 saturated heterocycles. The Balaban J connectivity index is 1.83. The van der Waals surface area contributed by atoms with Gasteiger partial charge in [-0.2, -0.15) is 0 Å². The fourth-order valence-electron chi connectivity index (χ4n) is 2.55. The van der Waals surface area contributed by atoms with Crippen LogP contribution in [0.4, 0.5) is 5.69 Å². The molecule has 0 saturated carbocycles. The van der Waals surface area contributed by atoms with Crippen LogP contribution in [-0.4, -0.2) is 34.9 Å². The average molecular weight is 352 g/mol. The smallest absolute Gasteiger partial charge is 0.255 e. The van der Waals surface area contributed by atoms with Crippen molar-refractivity contribution < 1.29 is 14.3 Å². The highest BCUT2D eigenvalue weighted by Gasteiger charge is 2.15. The van der Waals surface area contributed by atoms with E-state index in [-0.39, 0.29) is 17.9 Å². The Morgan fingerprint density at radius 2 is 1.88 bits per heavy atom. The first-order chi connectivity index (χ1) is 12.5. The van der Waals surface area contributed by atoms with Crippen LogP contribution in [0.3, 0.4) is 0 Å². The maximum Gasteiger partial charge on any atom is 0.255 e. The van der Waals surface area contributed by atoms with E-state index in [0.29, 0.717) is 33.6 Å². The number of hydrogen-bond acceptors (Lipinski definition) is 4. The SMILES string of the molecule is COc1ccc(C(=O)Nc2cnc3[nH]cc(C(=O)NC(C)C)c3c2)cc1. The molecular formula is C19H20N4O3. The predicted octanol–water partition coefficient (Wildman–Crippen LogP) is 2.96. The second-order valence-corrected chi connectivity index (χ2v) is 6.13. The molecule has 2 heterocycles. The Bertz CT molecular complexity index is 945. The zero-order valence-electron chi connectivity index (χ0n) is 14.8. The molecule has 3 N–H and O–H groups in total. The molecule has 3 rings (SSSR count). The molecule has 0 radical (unpaired) electrons. The fraction of sp³-hybridized carbons (Fsp3) is 0.211. The molecule has 0 fully saturated rings. The highest BCUT2D eigenvalue weighted by atomic mass is 16.5. The van der Waals surface area contributed by atoms with Crippen LogP contribution >= 0.6 is 0 Å². The van der Waals surface area contributed by atoms with Gasteiger partial charge in [0.05, 0.1) is 24.6 Å². The van der Waals surface area contributed by atoms with E-state index in [1.165, 1.54) is 0 Å². The van der Waals surface area contributed by atoms with E-state index in [0.717, 1.165) is 0 Å². The zero-order valence-corrected chi connectivity index (χ0v) is 14.8. The topological polar surface area (TPSA) is 96.1 Å². The zero-order chi connectivity index (χ0) is 18.7. The second-order valence-electron chi connectivity index (χ2n) is 6.13. The minimum absolute atomic E-state index is 0.0263. The van der Waals surface area contributed by atoms with Crippen molar-refractivity contribution in [2.45, 2.75) is 19.9 Å². The van der Waals surface area contributed by atoms with Gasteiger partial charge in [0.2, 0.25) is 0 Å². The van der Waals surface area contributed by atoms with E-state index in [2.05, 4.69) is 20.6 Å². The van der Waals surface area contributed by atoms with Crippen molar-refractivity contribution in [3.05, 3.63) is 53.9 Å². The van der Waals surface area contributed by atoms with Crippen molar-refractivity contribution in [3.63, 3.8) is 0 Å². The van der Waals surface area contributed by atoms with Gasteiger partial charge in [-0.15, -0.1) is 0 Å². The van der Waals surface area contributed by atoms with Gasteiger partial charge in [-0.1, -0.05) is 0 Å². The fourth-order valence-corrected chi connectivity index (χ4v) is 2.55. The van der Waals surface area contributed by atoms with E-state index in [1.54, 1.807) is 49.8 Å². The van der Waals surface area contributed by atoms with Crippen LogP contribution in [-0.2, 0) is 0 Å². The van der Waals surface area contributed by atoms with Crippen molar-refractivity contribution >= 4 is 28.5 Å². The van der Waals surface area contributed by atoms with Gasteiger partial charge in [0.1, 0.15) is 11.4 Å². The molecule has 7 heteroatoms. The number of aromatic nitrogens is 2. The Morgan fingerprint density at radius 1 is 1.15 bits per heavy atom. The van der Waals surface area contributed by atoms with Gasteiger partial charge < -0.3 is 20.4 Å². The summed E-state index contributed by atoms with van der Waals surface area (Å²) in [5, 5.41) is 6.29. The first-order valence-electron chi connectivity index (χ1n) is 8.21. The third-order valence-corrected chi connectivity index (χ3v) is 3.81. The van der Waals surface area contributed by atoms with E-state index in [4.69, 9.17) is 4.74 Å². The van der Waals surface area contributed by atoms with Crippen LogP contribution in [0, 0.1) is 0 Å². The van der Waals surface area contributed by atoms with Crippen LogP contribution < -0.4 is 15.4 Å². The molecule has 0 aliphatic heterocycles. The number of methoxy groups -OCH3 is 1. The van der Waals surface area contributed by atoms with Gasteiger partial charge in [-0.25, -0.2) is 4.98 Å². The molecule has 0 aliphatic rings. The van der Waals surface area contributed by atoms with Crippen molar-refractivity contribution in [1.82, 2.24) is 15.3 Å². The Kier molecular flexibility index (Phi) is 4.88. The minimum atomic E-state index is -0.266. The summed E-state index contributed by atoms with van der Waals surface area (Å²) in [7, 11) is 1.57. The molecule has 0 aliphatic carbocycles. The number of anilines is 1. The van der Waals surface area contributed by atoms with E-state index < -0.39 is 0 Å². The Morgan fingerprint density at radius 3 is 2.54 bits per heavy atom. The summed E-state index contributed by atoms with van der Waals surface area (Å²) in [6.07, 6.45) is 3.16. The number of benzene rings is 1. The first kappa shape index (κ1) is 17.5. The molecular weight excluding hydrogens is 332 g/mol. The summed E-state index contributed by atoms with van der Waals surface area (Å²) in [4.78, 5) is 31.9. The van der Waals surface area contributed by atoms with Crippen LogP contribution in [0.5, 0.6) is 5.75 Å². The number of rotatable bonds is 5. The molecule has 2 aromatic heterocycles. The molecule has 0 bridgehead atoms. The molecule has 7 nitrogen and oxygen atoms in total. The van der Waals surface area contributed by atoms with Gasteiger partial charge in [0.15, 0.2) is 0 Å². The summed E-state index contributed by atoms with van der Waals surface area (Å²) in [5.74, 6) is 0.224. The molecule has 1 aromatic carbocycles. The molecule has 134 valence electrons. The van der Waals surface area contributed by atoms with Crippen molar-refractivity contribution in [2.24, 2.45) is 0 Å². The number of carbonyl (C=O) groups is 2. The number of ether oxygens (including phenoxy) is 1. The van der Waals surface area contributed by atoms with Gasteiger partial charge in [0.25, 0.3) is 11.8 Å². The number of carbonyl (C=O) groups excluding carboxylic acids is 2. The van der Waals surface area contributed by atoms with E-state index in [1.807, 2.05) is 13.8 Å². The summed E-state index contributed by atoms with van der Waals surface area (Å²) in [6, 6.07) is 8.55. The van der Waals surface area contributed by atoms with Crippen molar-refractivity contribution in [1.29, 1.82) is 0 Å².